The second-order valence-corrected chi connectivity index (χ2v) is 22.5. The summed E-state index contributed by atoms with van der Waals surface area (Å²) in [5.41, 5.74) is 2.74. The minimum atomic E-state index is -3.91. The Balaban J connectivity index is 1.07. The standard InChI is InChI=1S/C49H60N6O9S/c1-47(2,3)32-21-19-31(20-22-32)41-51-39-35-16-11-12-18-38(35)64-40(39)43(52-41)62-34-27-37-42(56)53-49(45(58)54-65(60,61)48(4)25-26-48)24-23-30(28-49)13-7-5-6-8-17-36(44(57)55(37)29-34)50-46(59)63-33-14-9-10-15-33/h11-13,16,18-22,33-34,36-37H,5-10,14-15,17,23-29H2,1-4H3,(H,50,59)(H,53,56)(H,54,58)/p+1/b30-13-/t34-,36+,37+,49-/m1/s1. The van der Waals surface area contributed by atoms with Crippen LogP contribution < -0.4 is 20.1 Å². The number of benzene rings is 2. The molecule has 16 heteroatoms. The molecule has 4 fully saturated rings. The summed E-state index contributed by atoms with van der Waals surface area (Å²) in [5.74, 6) is -1.21. The number of ether oxygens (including phenoxy) is 2. The molecule has 9 rings (SSSR count). The van der Waals surface area contributed by atoms with E-state index in [9.17, 15) is 27.6 Å². The number of fused-ring (bicyclic) bond motifs is 6. The number of nitrogens with zero attached hydrogens (tertiary/aromatic N) is 3. The van der Waals surface area contributed by atoms with Gasteiger partial charge in [0.25, 0.3) is 5.88 Å². The van der Waals surface area contributed by atoms with Crippen LogP contribution in [0, 0.1) is 0 Å². The molecule has 4 atom stereocenters. The van der Waals surface area contributed by atoms with Crippen LogP contribution in [0.2, 0.25) is 0 Å². The van der Waals surface area contributed by atoms with E-state index in [1.54, 1.807) is 6.92 Å². The van der Waals surface area contributed by atoms with Crippen molar-refractivity contribution >= 4 is 55.9 Å². The molecule has 4 N–H and O–H groups in total. The molecule has 4 aromatic rings. The van der Waals surface area contributed by atoms with Crippen LogP contribution in [0.4, 0.5) is 4.79 Å². The van der Waals surface area contributed by atoms with Crippen LogP contribution in [0.3, 0.4) is 0 Å². The summed E-state index contributed by atoms with van der Waals surface area (Å²) in [6.45, 7) is 8.02. The highest BCUT2D eigenvalue weighted by Gasteiger charge is 2.58. The first-order chi connectivity index (χ1) is 31.0. The minimum Gasteiger partial charge on any atom is -0.470 e. The summed E-state index contributed by atoms with van der Waals surface area (Å²) in [5, 5.41) is 6.65. The zero-order chi connectivity index (χ0) is 45.7. The van der Waals surface area contributed by atoms with Crippen molar-refractivity contribution in [1.82, 2.24) is 25.5 Å². The number of alkyl carbamates (subject to hydrolysis) is 1. The van der Waals surface area contributed by atoms with Gasteiger partial charge in [-0.1, -0.05) is 81.7 Å². The number of amides is 4. The Labute approximate surface area is 379 Å². The van der Waals surface area contributed by atoms with E-state index in [2.05, 4.69) is 49.6 Å². The zero-order valence-corrected chi connectivity index (χ0v) is 38.6. The van der Waals surface area contributed by atoms with Crippen molar-refractivity contribution in [3.05, 3.63) is 65.7 Å². The number of para-hydroxylation sites is 1. The van der Waals surface area contributed by atoms with Gasteiger partial charge in [-0.15, -0.1) is 0 Å². The lowest BCUT2D eigenvalue weighted by Crippen LogP contribution is -2.97. The lowest BCUT2D eigenvalue weighted by atomic mass is 9.87. The molecule has 15 nitrogen and oxygen atoms in total. The summed E-state index contributed by atoms with van der Waals surface area (Å²) in [4.78, 5) is 68.9. The molecule has 2 aliphatic heterocycles. The molecule has 2 aromatic carbocycles. The quantitative estimate of drug-likeness (QED) is 0.160. The molecule has 346 valence electrons. The van der Waals surface area contributed by atoms with E-state index in [4.69, 9.17) is 23.9 Å². The second kappa shape index (κ2) is 17.5. The molecule has 2 aromatic heterocycles. The smallest absolute Gasteiger partial charge is 0.408 e. The fourth-order valence-corrected chi connectivity index (χ4v) is 11.3. The highest BCUT2D eigenvalue weighted by atomic mass is 32.2. The van der Waals surface area contributed by atoms with Crippen molar-refractivity contribution < 1.29 is 46.2 Å². The lowest BCUT2D eigenvalue weighted by Gasteiger charge is -2.32. The molecule has 5 aliphatic rings. The Morgan fingerprint density at radius 1 is 0.938 bits per heavy atom. The number of primary sulfonamides is 1. The number of carbonyl (C=O) groups is 4. The third kappa shape index (κ3) is 9.25. The van der Waals surface area contributed by atoms with Gasteiger partial charge in [-0.3, -0.25) is 9.59 Å². The number of hydrogen-bond acceptors (Lipinski definition) is 11. The Morgan fingerprint density at radius 2 is 1.68 bits per heavy atom. The second-order valence-electron chi connectivity index (χ2n) is 20.2. The topological polar surface area (TPSA) is 204 Å². The predicted molar refractivity (Wildman–Crippen MR) is 243 cm³/mol. The largest absolute Gasteiger partial charge is 0.470 e. The summed E-state index contributed by atoms with van der Waals surface area (Å²) in [7, 11) is -3.91. The maximum Gasteiger partial charge on any atom is 0.408 e. The first-order valence-corrected chi connectivity index (χ1v) is 24.9. The number of furan rings is 1. The average molecular weight is 910 g/mol. The number of sulfonamides is 1. The zero-order valence-electron chi connectivity index (χ0n) is 37.8. The third-order valence-corrected chi connectivity index (χ3v) is 16.6. The molecule has 4 amide bonds. The maximum atomic E-state index is 14.9. The van der Waals surface area contributed by atoms with Crippen molar-refractivity contribution in [1.29, 1.82) is 0 Å². The number of hydrogen-bond donors (Lipinski definition) is 3. The number of primary amides is 1. The molecule has 3 aliphatic carbocycles. The number of quaternary nitrogens is 1. The van der Waals surface area contributed by atoms with Gasteiger partial charge in [-0.2, -0.15) is 18.1 Å². The van der Waals surface area contributed by atoms with Crippen molar-refractivity contribution in [3.63, 3.8) is 0 Å². The molecular weight excluding hydrogens is 849 g/mol. The van der Waals surface area contributed by atoms with Crippen molar-refractivity contribution in [2.45, 2.75) is 164 Å². The molecule has 1 saturated heterocycles. The van der Waals surface area contributed by atoms with Crippen molar-refractivity contribution in [2.75, 3.05) is 6.54 Å². The van der Waals surface area contributed by atoms with Gasteiger partial charge in [0.2, 0.25) is 17.4 Å². The van der Waals surface area contributed by atoms with Gasteiger partial charge in [0, 0.05) is 23.8 Å². The highest BCUT2D eigenvalue weighted by Crippen LogP contribution is 2.42. The Morgan fingerprint density at radius 3 is 2.42 bits per heavy atom. The Bertz CT molecular complexity index is 2640. The van der Waals surface area contributed by atoms with E-state index in [-0.39, 0.29) is 43.2 Å². The molecule has 3 saturated carbocycles. The lowest BCUT2D eigenvalue weighted by molar-refractivity contribution is -0.420. The molecule has 0 radical (unpaired) electrons. The Kier molecular flexibility index (Phi) is 12.0. The molecule has 2 bridgehead atoms. The first kappa shape index (κ1) is 44.8. The van der Waals surface area contributed by atoms with E-state index in [0.717, 1.165) is 71.8 Å². The number of nitrogens with one attached hydrogen (secondary N) is 2. The van der Waals surface area contributed by atoms with Gasteiger partial charge in [0.1, 0.15) is 40.1 Å². The summed E-state index contributed by atoms with van der Waals surface area (Å²) >= 11 is 0. The molecule has 0 spiro atoms. The number of carbonyl (C=O) groups excluding carboxylic acids is 4. The van der Waals surface area contributed by atoms with Gasteiger partial charge in [-0.05, 0) is 101 Å². The number of rotatable bonds is 8. The van der Waals surface area contributed by atoms with Crippen molar-refractivity contribution in [2.24, 2.45) is 0 Å². The normalized spacial score (nSPS) is 26.2. The SMILES string of the molecule is CC(C)(C)c1ccc(-c2nc(O[C@@H]3C[C@H]4C(=O)N[C@]5(C(=O)[NH2+]S(=O)(=O)C6(C)CC6)CC/C(=C/CCCCC[C@H](NC(=O)OC6CCCC6)C(=O)N4C3)C5)c3oc4ccccc4c3n2)cc1. The third-order valence-electron chi connectivity index (χ3n) is 14.3. The first-order valence-electron chi connectivity index (χ1n) is 23.4. The van der Waals surface area contributed by atoms with Crippen LogP contribution in [0.5, 0.6) is 5.88 Å². The summed E-state index contributed by atoms with van der Waals surface area (Å²) < 4.78 is 45.6. The molecule has 4 heterocycles. The van der Waals surface area contributed by atoms with Gasteiger partial charge >= 0.3 is 22.0 Å². The van der Waals surface area contributed by atoms with Gasteiger partial charge in [0.05, 0.1) is 6.54 Å². The van der Waals surface area contributed by atoms with E-state index < -0.39 is 62.3 Å². The maximum absolute atomic E-state index is 14.9. The van der Waals surface area contributed by atoms with Crippen LogP contribution in [-0.4, -0.2) is 88.2 Å². The monoisotopic (exact) mass is 909 g/mol. The minimum absolute atomic E-state index is 0.00516. The number of nitrogens with two attached hydrogens (primary N) is 1. The average Bonchev–Trinajstić information content (AvgIpc) is 3.72. The summed E-state index contributed by atoms with van der Waals surface area (Å²) in [6.07, 6.45) is 8.96. The summed E-state index contributed by atoms with van der Waals surface area (Å²) in [6, 6.07) is 13.4. The van der Waals surface area contributed by atoms with Crippen LogP contribution >= 0.6 is 0 Å². The van der Waals surface area contributed by atoms with Crippen LogP contribution in [0.15, 0.2) is 64.6 Å². The van der Waals surface area contributed by atoms with Gasteiger partial charge in [0.15, 0.2) is 11.4 Å². The number of aromatic nitrogens is 2. The van der Waals surface area contributed by atoms with Crippen LogP contribution in [-0.2, 0) is 34.6 Å². The molecular formula is C49H61N6O9S+. The van der Waals surface area contributed by atoms with Crippen LogP contribution in [0.25, 0.3) is 33.5 Å². The van der Waals surface area contributed by atoms with Gasteiger partial charge in [-0.25, -0.2) is 14.6 Å². The fourth-order valence-electron chi connectivity index (χ4n) is 9.86. The van der Waals surface area contributed by atoms with E-state index in [0.29, 0.717) is 54.6 Å². The fraction of sp³-hybridized carbons (Fsp3) is 0.551. The predicted octanol–water partition coefficient (Wildman–Crippen LogP) is 6.63. The van der Waals surface area contributed by atoms with Crippen molar-refractivity contribution in [3.8, 4) is 17.3 Å². The van der Waals surface area contributed by atoms with E-state index in [1.165, 1.54) is 4.90 Å². The molecule has 0 unspecified atom stereocenters. The molecule has 65 heavy (non-hydrogen) atoms. The van der Waals surface area contributed by atoms with Gasteiger partial charge < -0.3 is 29.4 Å². The van der Waals surface area contributed by atoms with E-state index >= 15 is 0 Å². The highest BCUT2D eigenvalue weighted by molar-refractivity contribution is 7.86. The van der Waals surface area contributed by atoms with Crippen LogP contribution in [0.1, 0.15) is 130 Å². The Hall–Kier alpha value is -5.35. The number of allylic oxidation sites excluding steroid dienone is 1. The van der Waals surface area contributed by atoms with E-state index in [1.807, 2.05) is 36.4 Å².